The van der Waals surface area contributed by atoms with E-state index in [-0.39, 0.29) is 5.91 Å². The van der Waals surface area contributed by atoms with Gasteiger partial charge in [-0.05, 0) is 6.92 Å². The summed E-state index contributed by atoms with van der Waals surface area (Å²) in [4.78, 5) is 21.3. The molecule has 1 rings (SSSR count). The second kappa shape index (κ2) is 2.51. The van der Waals surface area contributed by atoms with E-state index in [2.05, 4.69) is 10.6 Å². The minimum atomic E-state index is -0.421. The molecule has 0 radical (unpaired) electrons. The topological polar surface area (TPSA) is 58.2 Å². The third-order valence-corrected chi connectivity index (χ3v) is 1.31. The molecule has 0 unspecified atom stereocenters. The van der Waals surface area contributed by atoms with Crippen LogP contribution in [0.5, 0.6) is 0 Å². The van der Waals surface area contributed by atoms with Gasteiger partial charge in [0.05, 0.1) is 0 Å². The average Bonchev–Trinajstić information content (AvgIpc) is 1.88. The molecule has 0 spiro atoms. The number of rotatable bonds is 0. The number of carbonyl (C=O) groups excluding carboxylic acids is 2. The van der Waals surface area contributed by atoms with Crippen LogP contribution in [0.4, 0.5) is 4.79 Å². The maximum atomic E-state index is 10.8. The highest BCUT2D eigenvalue weighted by Crippen LogP contribution is 1.95. The van der Waals surface area contributed by atoms with E-state index in [4.69, 9.17) is 0 Å². The predicted octanol–water partition coefficient (Wildman–Crippen LogP) is -0.228. The number of urea groups is 1. The molecule has 0 bridgehead atoms. The fraction of sp³-hybridized carbons (Fsp3) is 0.333. The van der Waals surface area contributed by atoms with Crippen molar-refractivity contribution in [3.8, 4) is 0 Å². The van der Waals surface area contributed by atoms with Gasteiger partial charge in [-0.1, -0.05) is 6.08 Å². The second-order valence-corrected chi connectivity index (χ2v) is 1.95. The molecule has 4 nitrogen and oxygen atoms in total. The molecule has 0 aromatic heterocycles. The molecule has 0 aromatic carbocycles. The number of amides is 3. The fourth-order valence-electron chi connectivity index (χ4n) is 0.717. The third-order valence-electron chi connectivity index (χ3n) is 1.31. The average molecular weight is 140 g/mol. The van der Waals surface area contributed by atoms with Gasteiger partial charge >= 0.3 is 6.03 Å². The van der Waals surface area contributed by atoms with Crippen LogP contribution in [0.2, 0.25) is 0 Å². The van der Waals surface area contributed by atoms with Crippen LogP contribution in [0.15, 0.2) is 11.6 Å². The van der Waals surface area contributed by atoms with Crippen molar-refractivity contribution >= 4 is 11.9 Å². The van der Waals surface area contributed by atoms with Crippen LogP contribution in [0.1, 0.15) is 6.92 Å². The Kier molecular flexibility index (Phi) is 1.71. The highest BCUT2D eigenvalue weighted by atomic mass is 16.2. The van der Waals surface area contributed by atoms with Gasteiger partial charge in [-0.2, -0.15) is 0 Å². The first-order valence-corrected chi connectivity index (χ1v) is 2.98. The smallest absolute Gasteiger partial charge is 0.321 e. The number of nitrogens with one attached hydrogen (secondary N) is 2. The van der Waals surface area contributed by atoms with E-state index >= 15 is 0 Å². The lowest BCUT2D eigenvalue weighted by molar-refractivity contribution is -0.116. The fourth-order valence-corrected chi connectivity index (χ4v) is 0.717. The third kappa shape index (κ3) is 1.15. The summed E-state index contributed by atoms with van der Waals surface area (Å²) in [6.45, 7) is 2.09. The van der Waals surface area contributed by atoms with Gasteiger partial charge in [0.25, 0.3) is 5.91 Å². The summed E-state index contributed by atoms with van der Waals surface area (Å²) in [5.74, 6) is -0.300. The Balaban J connectivity index is 2.69. The first-order valence-electron chi connectivity index (χ1n) is 2.98. The summed E-state index contributed by atoms with van der Waals surface area (Å²) in [5.41, 5.74) is 0.597. The van der Waals surface area contributed by atoms with Gasteiger partial charge in [-0.3, -0.25) is 10.1 Å². The first-order chi connectivity index (χ1) is 4.74. The molecule has 1 aliphatic rings. The van der Waals surface area contributed by atoms with Crippen LogP contribution >= 0.6 is 0 Å². The van der Waals surface area contributed by atoms with E-state index in [1.54, 1.807) is 13.0 Å². The lowest BCUT2D eigenvalue weighted by Gasteiger charge is -2.14. The van der Waals surface area contributed by atoms with E-state index < -0.39 is 6.03 Å². The predicted molar refractivity (Wildman–Crippen MR) is 35.3 cm³/mol. The number of hydrogen-bond donors (Lipinski definition) is 2. The first kappa shape index (κ1) is 6.80. The van der Waals surface area contributed by atoms with Crippen LogP contribution in [-0.2, 0) is 4.79 Å². The van der Waals surface area contributed by atoms with Crippen molar-refractivity contribution in [3.63, 3.8) is 0 Å². The molecule has 4 heteroatoms. The Labute approximate surface area is 58.3 Å². The molecule has 0 saturated carbocycles. The van der Waals surface area contributed by atoms with Crippen molar-refractivity contribution in [2.75, 3.05) is 6.54 Å². The van der Waals surface area contributed by atoms with Gasteiger partial charge in [0.15, 0.2) is 0 Å². The van der Waals surface area contributed by atoms with Crippen molar-refractivity contribution in [1.82, 2.24) is 10.6 Å². The zero-order valence-electron chi connectivity index (χ0n) is 5.60. The summed E-state index contributed by atoms with van der Waals surface area (Å²) in [5, 5.41) is 4.60. The van der Waals surface area contributed by atoms with Crippen molar-refractivity contribution in [2.24, 2.45) is 0 Å². The molecule has 0 aromatic rings. The molecule has 1 fully saturated rings. The molecule has 2 N–H and O–H groups in total. The summed E-state index contributed by atoms with van der Waals surface area (Å²) in [6.07, 6.45) is 1.68. The van der Waals surface area contributed by atoms with Crippen LogP contribution in [-0.4, -0.2) is 18.5 Å². The molecule has 10 heavy (non-hydrogen) atoms. The lowest BCUT2D eigenvalue weighted by atomic mass is 10.2. The molecule has 0 atom stereocenters. The van der Waals surface area contributed by atoms with Gasteiger partial charge in [0.1, 0.15) is 0 Å². The SMILES string of the molecule is C/C=C1\CNC(=O)NC1=O. The molecule has 1 aliphatic heterocycles. The zero-order chi connectivity index (χ0) is 7.56. The van der Waals surface area contributed by atoms with Crippen molar-refractivity contribution in [1.29, 1.82) is 0 Å². The normalized spacial score (nSPS) is 22.3. The minimum absolute atomic E-state index is 0.300. The maximum absolute atomic E-state index is 10.8. The van der Waals surface area contributed by atoms with Gasteiger partial charge in [0.2, 0.25) is 0 Å². The number of carbonyl (C=O) groups is 2. The standard InChI is InChI=1S/C6H8N2O2/c1-2-4-3-7-6(10)8-5(4)9/h2H,3H2,1H3,(H2,7,8,9,10)/b4-2+. The monoisotopic (exact) mass is 140 g/mol. The van der Waals surface area contributed by atoms with Gasteiger partial charge < -0.3 is 5.32 Å². The highest BCUT2D eigenvalue weighted by molar-refractivity contribution is 6.06. The molecular weight excluding hydrogens is 132 g/mol. The molecular formula is C6H8N2O2. The van der Waals surface area contributed by atoms with Gasteiger partial charge in [0, 0.05) is 12.1 Å². The summed E-state index contributed by atoms with van der Waals surface area (Å²) < 4.78 is 0. The second-order valence-electron chi connectivity index (χ2n) is 1.95. The van der Waals surface area contributed by atoms with E-state index in [9.17, 15) is 9.59 Å². The Morgan fingerprint density at radius 3 is 2.70 bits per heavy atom. The Morgan fingerprint density at radius 1 is 1.50 bits per heavy atom. The Bertz CT molecular complexity index is 208. The van der Waals surface area contributed by atoms with Crippen LogP contribution in [0, 0.1) is 0 Å². The van der Waals surface area contributed by atoms with Gasteiger partial charge in [-0.15, -0.1) is 0 Å². The molecule has 54 valence electrons. The summed E-state index contributed by atoms with van der Waals surface area (Å²) in [6, 6.07) is -0.421. The van der Waals surface area contributed by atoms with Crippen molar-refractivity contribution in [2.45, 2.75) is 6.92 Å². The number of hydrogen-bond acceptors (Lipinski definition) is 2. The largest absolute Gasteiger partial charge is 0.334 e. The Hall–Kier alpha value is -1.32. The maximum Gasteiger partial charge on any atom is 0.321 e. The van der Waals surface area contributed by atoms with Crippen LogP contribution in [0.25, 0.3) is 0 Å². The minimum Gasteiger partial charge on any atom is -0.334 e. The lowest BCUT2D eigenvalue weighted by Crippen LogP contribution is -2.47. The van der Waals surface area contributed by atoms with Gasteiger partial charge in [-0.25, -0.2) is 4.79 Å². The quantitative estimate of drug-likeness (QED) is 0.457. The number of imide groups is 1. The Morgan fingerprint density at radius 2 is 2.20 bits per heavy atom. The van der Waals surface area contributed by atoms with E-state index in [1.165, 1.54) is 0 Å². The van der Waals surface area contributed by atoms with E-state index in [0.29, 0.717) is 12.1 Å². The van der Waals surface area contributed by atoms with Crippen molar-refractivity contribution < 1.29 is 9.59 Å². The van der Waals surface area contributed by atoms with Crippen molar-refractivity contribution in [3.05, 3.63) is 11.6 Å². The summed E-state index contributed by atoms with van der Waals surface area (Å²) >= 11 is 0. The summed E-state index contributed by atoms with van der Waals surface area (Å²) in [7, 11) is 0. The number of allylic oxidation sites excluding steroid dienone is 1. The molecule has 1 saturated heterocycles. The van der Waals surface area contributed by atoms with E-state index in [0.717, 1.165) is 0 Å². The van der Waals surface area contributed by atoms with Crippen LogP contribution < -0.4 is 10.6 Å². The zero-order valence-corrected chi connectivity index (χ0v) is 5.60. The molecule has 1 heterocycles. The van der Waals surface area contributed by atoms with Crippen LogP contribution in [0.3, 0.4) is 0 Å². The molecule has 3 amide bonds. The highest BCUT2D eigenvalue weighted by Gasteiger charge is 2.17. The van der Waals surface area contributed by atoms with E-state index in [1.807, 2.05) is 0 Å². The molecule has 0 aliphatic carbocycles.